The van der Waals surface area contributed by atoms with Crippen molar-refractivity contribution < 1.29 is 14.3 Å². The van der Waals surface area contributed by atoms with Crippen LogP contribution in [0, 0.1) is 0 Å². The Morgan fingerprint density at radius 1 is 1.59 bits per heavy atom. The van der Waals surface area contributed by atoms with Gasteiger partial charge in [-0.15, -0.1) is 0 Å². The molecular formula is C10H16N4O3. The maximum atomic E-state index is 11.4. The Bertz CT molecular complexity index is 400. The summed E-state index contributed by atoms with van der Waals surface area (Å²) in [6.07, 6.45) is 2.96. The van der Waals surface area contributed by atoms with E-state index in [4.69, 9.17) is 10.5 Å². The van der Waals surface area contributed by atoms with Gasteiger partial charge in [0.2, 0.25) is 11.8 Å². The molecule has 0 aromatic carbocycles. The summed E-state index contributed by atoms with van der Waals surface area (Å²) in [5.41, 5.74) is 5.51. The van der Waals surface area contributed by atoms with Crippen LogP contribution in [0.2, 0.25) is 0 Å². The summed E-state index contributed by atoms with van der Waals surface area (Å²) in [5.74, 6) is -0.758. The van der Waals surface area contributed by atoms with Gasteiger partial charge in [-0.05, 0) is 13.8 Å². The van der Waals surface area contributed by atoms with E-state index < -0.39 is 5.91 Å². The van der Waals surface area contributed by atoms with E-state index in [2.05, 4.69) is 10.4 Å². The molecule has 7 nitrogen and oxygen atoms in total. The summed E-state index contributed by atoms with van der Waals surface area (Å²) in [6, 6.07) is 0. The van der Waals surface area contributed by atoms with Crippen molar-refractivity contribution in [1.29, 1.82) is 0 Å². The van der Waals surface area contributed by atoms with E-state index >= 15 is 0 Å². The lowest BCUT2D eigenvalue weighted by Gasteiger charge is -2.06. The van der Waals surface area contributed by atoms with Crippen molar-refractivity contribution in [2.75, 3.05) is 11.9 Å². The number of amides is 2. The zero-order chi connectivity index (χ0) is 12.8. The van der Waals surface area contributed by atoms with Crippen molar-refractivity contribution in [2.45, 2.75) is 26.5 Å². The maximum Gasteiger partial charge on any atom is 0.250 e. The van der Waals surface area contributed by atoms with Gasteiger partial charge in [-0.3, -0.25) is 14.3 Å². The number of nitrogens with one attached hydrogen (secondary N) is 1. The average molecular weight is 240 g/mol. The standard InChI is InChI=1S/C10H16N4O3/c1-7(2)17-6-10(16)13-8-3-12-14(4-8)5-9(11)15/h3-4,7H,5-6H2,1-2H3,(H2,11,15)(H,13,16). The van der Waals surface area contributed by atoms with Crippen molar-refractivity contribution in [3.05, 3.63) is 12.4 Å². The minimum absolute atomic E-state index is 0.00154. The number of hydrogen-bond donors (Lipinski definition) is 2. The van der Waals surface area contributed by atoms with Gasteiger partial charge in [0, 0.05) is 6.20 Å². The molecular weight excluding hydrogens is 224 g/mol. The number of hydrogen-bond acceptors (Lipinski definition) is 4. The first-order valence-corrected chi connectivity index (χ1v) is 5.19. The number of primary amides is 1. The number of nitrogens with zero attached hydrogens (tertiary/aromatic N) is 2. The fraction of sp³-hybridized carbons (Fsp3) is 0.500. The number of ether oxygens (including phenoxy) is 1. The third kappa shape index (κ3) is 5.12. The van der Waals surface area contributed by atoms with E-state index in [1.165, 1.54) is 17.1 Å². The highest BCUT2D eigenvalue weighted by atomic mass is 16.5. The molecule has 1 rings (SSSR count). The second kappa shape index (κ2) is 6.00. The summed E-state index contributed by atoms with van der Waals surface area (Å²) < 4.78 is 6.48. The molecule has 3 N–H and O–H groups in total. The molecule has 7 heteroatoms. The second-order valence-electron chi connectivity index (χ2n) is 3.80. The van der Waals surface area contributed by atoms with E-state index in [0.29, 0.717) is 5.69 Å². The zero-order valence-electron chi connectivity index (χ0n) is 9.84. The molecule has 94 valence electrons. The van der Waals surface area contributed by atoms with Gasteiger partial charge in [0.1, 0.15) is 13.2 Å². The van der Waals surface area contributed by atoms with Crippen molar-refractivity contribution in [2.24, 2.45) is 5.73 Å². The van der Waals surface area contributed by atoms with Crippen LogP contribution in [-0.2, 0) is 20.9 Å². The molecule has 2 amide bonds. The van der Waals surface area contributed by atoms with Crippen molar-refractivity contribution in [3.8, 4) is 0 Å². The lowest BCUT2D eigenvalue weighted by molar-refractivity contribution is -0.122. The third-order valence-corrected chi connectivity index (χ3v) is 1.78. The van der Waals surface area contributed by atoms with Gasteiger partial charge in [-0.2, -0.15) is 5.10 Å². The number of aromatic nitrogens is 2. The lowest BCUT2D eigenvalue weighted by atomic mass is 10.4. The predicted molar refractivity (Wildman–Crippen MR) is 61.1 cm³/mol. The van der Waals surface area contributed by atoms with Crippen LogP contribution in [0.3, 0.4) is 0 Å². The number of carbonyl (C=O) groups is 2. The summed E-state index contributed by atoms with van der Waals surface area (Å²) in [6.45, 7) is 3.66. The highest BCUT2D eigenvalue weighted by molar-refractivity contribution is 5.91. The molecule has 1 aromatic heterocycles. The Morgan fingerprint density at radius 3 is 2.88 bits per heavy atom. The highest BCUT2D eigenvalue weighted by Gasteiger charge is 2.06. The first-order valence-electron chi connectivity index (χ1n) is 5.19. The average Bonchev–Trinajstić information content (AvgIpc) is 2.61. The molecule has 0 unspecified atom stereocenters. The Labute approximate surface area is 98.9 Å². The minimum Gasteiger partial charge on any atom is -0.369 e. The molecule has 0 saturated heterocycles. The quantitative estimate of drug-likeness (QED) is 0.715. The number of carbonyl (C=O) groups excluding carboxylic acids is 2. The molecule has 0 radical (unpaired) electrons. The number of nitrogens with two attached hydrogens (primary N) is 1. The van der Waals surface area contributed by atoms with E-state index in [1.54, 1.807) is 0 Å². The van der Waals surface area contributed by atoms with Crippen molar-refractivity contribution in [1.82, 2.24) is 9.78 Å². The summed E-state index contributed by atoms with van der Waals surface area (Å²) in [7, 11) is 0. The maximum absolute atomic E-state index is 11.4. The van der Waals surface area contributed by atoms with Crippen LogP contribution in [0.25, 0.3) is 0 Å². The molecule has 17 heavy (non-hydrogen) atoms. The van der Waals surface area contributed by atoms with Crippen LogP contribution >= 0.6 is 0 Å². The molecule has 0 aliphatic carbocycles. The Hall–Kier alpha value is -1.89. The summed E-state index contributed by atoms with van der Waals surface area (Å²) in [4.78, 5) is 22.0. The summed E-state index contributed by atoms with van der Waals surface area (Å²) >= 11 is 0. The van der Waals surface area contributed by atoms with Crippen LogP contribution in [0.1, 0.15) is 13.8 Å². The highest BCUT2D eigenvalue weighted by Crippen LogP contribution is 2.04. The van der Waals surface area contributed by atoms with Crippen LogP contribution in [-0.4, -0.2) is 34.3 Å². The molecule has 0 aliphatic rings. The van der Waals surface area contributed by atoms with Crippen molar-refractivity contribution >= 4 is 17.5 Å². The SMILES string of the molecule is CC(C)OCC(=O)Nc1cnn(CC(N)=O)c1. The molecule has 0 atom stereocenters. The Balaban J connectivity index is 2.43. The Kier molecular flexibility index (Phi) is 4.65. The van der Waals surface area contributed by atoms with Gasteiger partial charge in [0.05, 0.1) is 18.0 Å². The first kappa shape index (κ1) is 13.2. The fourth-order valence-corrected chi connectivity index (χ4v) is 1.11. The van der Waals surface area contributed by atoms with E-state index in [-0.39, 0.29) is 25.2 Å². The van der Waals surface area contributed by atoms with Crippen LogP contribution < -0.4 is 11.1 Å². The van der Waals surface area contributed by atoms with Gasteiger partial charge in [0.25, 0.3) is 0 Å². The summed E-state index contributed by atoms with van der Waals surface area (Å²) in [5, 5.41) is 6.46. The first-order chi connectivity index (χ1) is 7.97. The molecule has 0 spiro atoms. The molecule has 1 aromatic rings. The lowest BCUT2D eigenvalue weighted by Crippen LogP contribution is -2.20. The molecule has 1 heterocycles. The Morgan fingerprint density at radius 2 is 2.29 bits per heavy atom. The van der Waals surface area contributed by atoms with E-state index in [0.717, 1.165) is 0 Å². The molecule has 0 aliphatic heterocycles. The topological polar surface area (TPSA) is 99.2 Å². The van der Waals surface area contributed by atoms with Gasteiger partial charge < -0.3 is 15.8 Å². The molecule has 0 bridgehead atoms. The second-order valence-corrected chi connectivity index (χ2v) is 3.80. The number of anilines is 1. The predicted octanol–water partition coefficient (Wildman–Crippen LogP) is -0.268. The smallest absolute Gasteiger partial charge is 0.250 e. The van der Waals surface area contributed by atoms with Crippen molar-refractivity contribution in [3.63, 3.8) is 0 Å². The van der Waals surface area contributed by atoms with Gasteiger partial charge >= 0.3 is 0 Å². The van der Waals surface area contributed by atoms with E-state index in [9.17, 15) is 9.59 Å². The zero-order valence-corrected chi connectivity index (χ0v) is 9.84. The van der Waals surface area contributed by atoms with Gasteiger partial charge in [-0.25, -0.2) is 0 Å². The fourth-order valence-electron chi connectivity index (χ4n) is 1.11. The van der Waals surface area contributed by atoms with Crippen LogP contribution in [0.15, 0.2) is 12.4 Å². The number of rotatable bonds is 6. The van der Waals surface area contributed by atoms with E-state index in [1.807, 2.05) is 13.8 Å². The third-order valence-electron chi connectivity index (χ3n) is 1.78. The molecule has 0 fully saturated rings. The largest absolute Gasteiger partial charge is 0.369 e. The van der Waals surface area contributed by atoms with Gasteiger partial charge in [-0.1, -0.05) is 0 Å². The van der Waals surface area contributed by atoms with Crippen LogP contribution in [0.5, 0.6) is 0 Å². The minimum atomic E-state index is -0.492. The van der Waals surface area contributed by atoms with Gasteiger partial charge in [0.15, 0.2) is 0 Å². The monoisotopic (exact) mass is 240 g/mol. The van der Waals surface area contributed by atoms with Crippen LogP contribution in [0.4, 0.5) is 5.69 Å². The molecule has 0 saturated carbocycles. The normalized spacial score (nSPS) is 10.5.